The smallest absolute Gasteiger partial charge is 0.307 e. The molecule has 42 heavy (non-hydrogen) atoms. The number of piperazine rings is 1. The number of amides is 1. The second-order valence-corrected chi connectivity index (χ2v) is 9.64. The van der Waals surface area contributed by atoms with Crippen molar-refractivity contribution in [3.05, 3.63) is 82.8 Å². The zero-order chi connectivity index (χ0) is 29.7. The van der Waals surface area contributed by atoms with Crippen molar-refractivity contribution in [2.45, 2.75) is 19.6 Å². The fraction of sp³-hybridized carbons (Fsp3) is 0.276. The van der Waals surface area contributed by atoms with Crippen molar-refractivity contribution in [3.8, 4) is 11.8 Å². The third-order valence-electron chi connectivity index (χ3n) is 6.88. The van der Waals surface area contributed by atoms with Crippen LogP contribution in [0.2, 0.25) is 0 Å². The molecule has 13 heteroatoms. The minimum absolute atomic E-state index is 0.124. The summed E-state index contributed by atoms with van der Waals surface area (Å²) in [6.07, 6.45) is -0.122. The molecule has 0 aliphatic carbocycles. The van der Waals surface area contributed by atoms with Crippen LogP contribution in [-0.2, 0) is 17.5 Å². The Balaban J connectivity index is 1.29. The van der Waals surface area contributed by atoms with E-state index in [4.69, 9.17) is 4.84 Å². The monoisotopic (exact) mass is 578 g/mol. The van der Waals surface area contributed by atoms with E-state index in [2.05, 4.69) is 44.0 Å². The van der Waals surface area contributed by atoms with Crippen LogP contribution in [0.4, 0.5) is 19.0 Å². The van der Waals surface area contributed by atoms with Crippen molar-refractivity contribution in [3.63, 3.8) is 0 Å². The van der Waals surface area contributed by atoms with E-state index in [1.807, 2.05) is 4.90 Å². The minimum Gasteiger partial charge on any atom is -0.307 e. The summed E-state index contributed by atoms with van der Waals surface area (Å²) in [5, 5.41) is 5.39. The number of pyridine rings is 2. The maximum absolute atomic E-state index is 14.0. The van der Waals surface area contributed by atoms with Gasteiger partial charge in [0.05, 0.1) is 5.56 Å². The third kappa shape index (κ3) is 6.91. The predicted octanol–water partition coefficient (Wildman–Crippen LogP) is 2.64. The molecule has 3 aromatic heterocycles. The van der Waals surface area contributed by atoms with Crippen LogP contribution in [0.15, 0.2) is 55.0 Å². The summed E-state index contributed by atoms with van der Waals surface area (Å²) in [4.78, 5) is 41.9. The van der Waals surface area contributed by atoms with Crippen LogP contribution in [0.3, 0.4) is 0 Å². The highest BCUT2D eigenvalue weighted by molar-refractivity contribution is 6.04. The maximum atomic E-state index is 14.0. The zero-order valence-electron chi connectivity index (χ0n) is 22.6. The number of carbonyl (C=O) groups is 2. The SMILES string of the molecule is CCN1CCN(Cc2ccc(C(=O)Nc3cc(C#Cc4cnc5c[n+](OC=O)[nH]c5c4)ccn3)cc2C(F)(F)F)CC1. The van der Waals surface area contributed by atoms with Gasteiger partial charge in [-0.05, 0) is 42.4 Å². The number of likely N-dealkylation sites (N-methyl/N-ethyl adjacent to an activating group) is 1. The number of H-pyrrole nitrogens is 1. The van der Waals surface area contributed by atoms with Crippen LogP contribution in [0, 0.1) is 11.8 Å². The summed E-state index contributed by atoms with van der Waals surface area (Å²) in [6.45, 7) is 6.41. The molecule has 1 fully saturated rings. The van der Waals surface area contributed by atoms with Gasteiger partial charge in [0.2, 0.25) is 0 Å². The first-order chi connectivity index (χ1) is 20.2. The van der Waals surface area contributed by atoms with Gasteiger partial charge < -0.3 is 10.2 Å². The molecule has 0 spiro atoms. The number of benzene rings is 1. The van der Waals surface area contributed by atoms with E-state index in [0.717, 1.165) is 30.5 Å². The van der Waals surface area contributed by atoms with Gasteiger partial charge in [0.1, 0.15) is 16.2 Å². The first-order valence-electron chi connectivity index (χ1n) is 13.2. The third-order valence-corrected chi connectivity index (χ3v) is 6.88. The highest BCUT2D eigenvalue weighted by atomic mass is 19.4. The number of nitrogens with one attached hydrogen (secondary N) is 2. The van der Waals surface area contributed by atoms with Gasteiger partial charge in [-0.25, -0.2) is 14.8 Å². The summed E-state index contributed by atoms with van der Waals surface area (Å²) in [5.41, 5.74) is 1.43. The normalized spacial score (nSPS) is 14.3. The van der Waals surface area contributed by atoms with E-state index in [1.165, 1.54) is 30.6 Å². The maximum Gasteiger partial charge on any atom is 0.416 e. The fourth-order valence-corrected chi connectivity index (χ4v) is 4.63. The van der Waals surface area contributed by atoms with E-state index in [-0.39, 0.29) is 30.0 Å². The molecule has 0 atom stereocenters. The molecule has 216 valence electrons. The summed E-state index contributed by atoms with van der Waals surface area (Å²) >= 11 is 0. The Labute approximate surface area is 239 Å². The average Bonchev–Trinajstić information content (AvgIpc) is 3.38. The molecule has 0 saturated carbocycles. The molecule has 4 aromatic rings. The number of aromatic nitrogens is 4. The van der Waals surface area contributed by atoms with Gasteiger partial charge in [-0.2, -0.15) is 18.0 Å². The lowest BCUT2D eigenvalue weighted by Gasteiger charge is -2.34. The van der Waals surface area contributed by atoms with Crippen molar-refractivity contribution in [1.82, 2.24) is 24.9 Å². The molecule has 1 aliphatic heterocycles. The van der Waals surface area contributed by atoms with E-state index < -0.39 is 17.6 Å². The topological polar surface area (TPSA) is 107 Å². The van der Waals surface area contributed by atoms with E-state index >= 15 is 0 Å². The van der Waals surface area contributed by atoms with Gasteiger partial charge in [0.15, 0.2) is 5.52 Å². The number of anilines is 1. The Bertz CT molecular complexity index is 1670. The first kappa shape index (κ1) is 28.7. The Hall–Kier alpha value is -4.80. The van der Waals surface area contributed by atoms with Gasteiger partial charge in [-0.3, -0.25) is 9.69 Å². The highest BCUT2D eigenvalue weighted by Gasteiger charge is 2.34. The van der Waals surface area contributed by atoms with E-state index in [9.17, 15) is 22.8 Å². The number of hydrogen-bond donors (Lipinski definition) is 2. The summed E-state index contributed by atoms with van der Waals surface area (Å²) in [6, 6.07) is 8.54. The molecule has 10 nitrogen and oxygen atoms in total. The van der Waals surface area contributed by atoms with Gasteiger partial charge in [0.25, 0.3) is 12.1 Å². The molecule has 1 saturated heterocycles. The quantitative estimate of drug-likeness (QED) is 0.197. The number of fused-ring (bicyclic) bond motifs is 1. The number of rotatable bonds is 7. The number of halogens is 3. The minimum atomic E-state index is -4.61. The molecular weight excluding hydrogens is 551 g/mol. The molecule has 1 amide bonds. The number of carbonyl (C=O) groups excluding carboxylic acids is 2. The van der Waals surface area contributed by atoms with Crippen molar-refractivity contribution in [2.24, 2.45) is 0 Å². The molecule has 5 rings (SSSR count). The Morgan fingerprint density at radius 1 is 1.10 bits per heavy atom. The molecule has 2 N–H and O–H groups in total. The van der Waals surface area contributed by atoms with Crippen molar-refractivity contribution in [1.29, 1.82) is 0 Å². The molecular formula is C29H27F3N7O3+. The zero-order valence-corrected chi connectivity index (χ0v) is 22.6. The second kappa shape index (κ2) is 12.4. The standard InChI is InChI=1S/C29H26F3N7O3/c1-2-37-9-11-38(12-10-37)17-23-6-5-22(15-24(23)29(30,31)32)28(41)35-27-14-20(7-8-33-27)3-4-21-13-25-26(34-16-21)18-39(36-25)42-19-40/h5-8,13-16,18-19H,2,9-12,17H2,1H3,(H,33,35,41)/p+1. The van der Waals surface area contributed by atoms with Crippen LogP contribution >= 0.6 is 0 Å². The van der Waals surface area contributed by atoms with Crippen molar-refractivity contribution < 1.29 is 32.4 Å². The van der Waals surface area contributed by atoms with Crippen molar-refractivity contribution in [2.75, 3.05) is 38.0 Å². The van der Waals surface area contributed by atoms with Gasteiger partial charge in [-0.15, -0.1) is 5.10 Å². The van der Waals surface area contributed by atoms with Crippen molar-refractivity contribution >= 4 is 29.2 Å². The van der Waals surface area contributed by atoms with Gasteiger partial charge in [0, 0.05) is 61.8 Å². The van der Waals surface area contributed by atoms with Gasteiger partial charge in [-0.1, -0.05) is 24.8 Å². The van der Waals surface area contributed by atoms with E-state index in [1.54, 1.807) is 18.3 Å². The van der Waals surface area contributed by atoms with Crippen LogP contribution < -0.4 is 15.0 Å². The Morgan fingerprint density at radius 3 is 2.60 bits per heavy atom. The lowest BCUT2D eigenvalue weighted by Crippen LogP contribution is -2.45. The van der Waals surface area contributed by atoms with Crippen LogP contribution in [0.5, 0.6) is 0 Å². The number of nitrogens with zero attached hydrogens (tertiary/aromatic N) is 5. The fourth-order valence-electron chi connectivity index (χ4n) is 4.63. The molecule has 4 heterocycles. The predicted molar refractivity (Wildman–Crippen MR) is 146 cm³/mol. The van der Waals surface area contributed by atoms with Crippen LogP contribution in [-0.4, -0.2) is 70.0 Å². The van der Waals surface area contributed by atoms with Gasteiger partial charge >= 0.3 is 12.6 Å². The summed E-state index contributed by atoms with van der Waals surface area (Å²) < 4.78 is 41.9. The Kier molecular flexibility index (Phi) is 8.46. The first-order valence-corrected chi connectivity index (χ1v) is 13.2. The molecule has 0 bridgehead atoms. The van der Waals surface area contributed by atoms with Crippen LogP contribution in [0.1, 0.15) is 39.5 Å². The lowest BCUT2D eigenvalue weighted by molar-refractivity contribution is -0.908. The van der Waals surface area contributed by atoms with Crippen LogP contribution in [0.25, 0.3) is 11.0 Å². The summed E-state index contributed by atoms with van der Waals surface area (Å²) in [5.74, 6) is 5.33. The number of hydrogen-bond acceptors (Lipinski definition) is 7. The largest absolute Gasteiger partial charge is 0.416 e. The Morgan fingerprint density at radius 2 is 1.86 bits per heavy atom. The highest BCUT2D eigenvalue weighted by Crippen LogP contribution is 2.33. The number of aromatic amines is 1. The molecule has 0 radical (unpaired) electrons. The second-order valence-electron chi connectivity index (χ2n) is 9.64. The molecule has 1 aromatic carbocycles. The van der Waals surface area contributed by atoms with E-state index in [0.29, 0.717) is 35.2 Å². The average molecular weight is 579 g/mol. The lowest BCUT2D eigenvalue weighted by atomic mass is 10.0. The summed E-state index contributed by atoms with van der Waals surface area (Å²) in [7, 11) is 0. The molecule has 1 aliphatic rings. The molecule has 0 unspecified atom stereocenters. The number of alkyl halides is 3.